The van der Waals surface area contributed by atoms with Gasteiger partial charge in [-0.3, -0.25) is 19.9 Å². The summed E-state index contributed by atoms with van der Waals surface area (Å²) in [5.74, 6) is 0. The Morgan fingerprint density at radius 1 is 0.673 bits per heavy atom. The van der Waals surface area contributed by atoms with Crippen LogP contribution in [0.2, 0.25) is 5.02 Å². The summed E-state index contributed by atoms with van der Waals surface area (Å²) in [6.45, 7) is 4.70. The number of aliphatic imine (C=N–C) groups is 2. The van der Waals surface area contributed by atoms with Gasteiger partial charge in [0, 0.05) is 72.0 Å². The number of nitrogens with one attached hydrogen (secondary N) is 1. The molecule has 4 aromatic rings. The fourth-order valence-corrected chi connectivity index (χ4v) is 5.52. The number of nitrogens with zero attached hydrogens (tertiary/aromatic N) is 4. The number of hydrogen-bond acceptors (Lipinski definition) is 5. The summed E-state index contributed by atoms with van der Waals surface area (Å²) in [6.07, 6.45) is 26.0. The minimum Gasteiger partial charge on any atom is -0.383 e. The van der Waals surface area contributed by atoms with Crippen molar-refractivity contribution in [3.63, 3.8) is 0 Å². The highest BCUT2D eigenvalue weighted by Crippen LogP contribution is 2.24. The van der Waals surface area contributed by atoms with Crippen molar-refractivity contribution >= 4 is 52.8 Å². The zero-order valence-corrected chi connectivity index (χ0v) is 28.1. The number of allylic oxidation sites excluding steroid dienone is 8. The standard InChI is InChI=1S/C43H38ClN5/c44-40-21-22-41-42(23-24-47-43(41)31-40)48-27-30-49(28-25-45-32-38-17-13-36(14-18-38)11-9-34-5-1-2-6-34)29-26-46-33-39-19-15-37(16-20-39)12-10-35-7-3-4-8-35/h1-5,7,9-24,31-33H,25-30H2,(H,47,48)/b11-9+,12-10+,45-32?,46-33?. The average molecular weight is 660 g/mol. The van der Waals surface area contributed by atoms with E-state index in [0.717, 1.165) is 76.2 Å². The molecule has 2 aliphatic carbocycles. The van der Waals surface area contributed by atoms with Crippen LogP contribution in [0.1, 0.15) is 22.3 Å². The fourth-order valence-electron chi connectivity index (χ4n) is 5.35. The number of hydrogen-bond donors (Lipinski definition) is 1. The Kier molecular flexibility index (Phi) is 12.0. The molecule has 0 radical (unpaired) electrons. The monoisotopic (exact) mass is 659 g/mol. The first-order chi connectivity index (χ1) is 24.2. The molecule has 0 saturated heterocycles. The van der Waals surface area contributed by atoms with Gasteiger partial charge in [-0.05, 0) is 83.0 Å². The molecule has 1 aromatic heterocycles. The number of rotatable bonds is 16. The van der Waals surface area contributed by atoms with Crippen LogP contribution in [0.25, 0.3) is 23.1 Å². The van der Waals surface area contributed by atoms with Gasteiger partial charge in [0.2, 0.25) is 0 Å². The van der Waals surface area contributed by atoms with Gasteiger partial charge in [-0.1, -0.05) is 84.4 Å². The maximum Gasteiger partial charge on any atom is 0.0737 e. The smallest absolute Gasteiger partial charge is 0.0737 e. The first kappa shape index (κ1) is 33.4. The molecule has 0 bridgehead atoms. The Hall–Kier alpha value is -5.54. The van der Waals surface area contributed by atoms with E-state index in [1.165, 1.54) is 0 Å². The molecule has 0 saturated carbocycles. The molecule has 0 atom stereocenters. The van der Waals surface area contributed by atoms with Crippen LogP contribution in [0.3, 0.4) is 0 Å². The van der Waals surface area contributed by atoms with Crippen molar-refractivity contribution in [3.05, 3.63) is 177 Å². The van der Waals surface area contributed by atoms with Gasteiger partial charge in [-0.2, -0.15) is 0 Å². The van der Waals surface area contributed by atoms with Crippen LogP contribution in [-0.2, 0) is 0 Å². The van der Waals surface area contributed by atoms with E-state index in [9.17, 15) is 0 Å². The molecule has 0 fully saturated rings. The number of benzene rings is 3. The molecule has 0 amide bonds. The van der Waals surface area contributed by atoms with Gasteiger partial charge >= 0.3 is 0 Å². The molecule has 0 spiro atoms. The Morgan fingerprint density at radius 2 is 1.24 bits per heavy atom. The lowest BCUT2D eigenvalue weighted by molar-refractivity contribution is 0.301. The second-order valence-electron chi connectivity index (χ2n) is 11.6. The van der Waals surface area contributed by atoms with Crippen molar-refractivity contribution in [2.75, 3.05) is 44.6 Å². The Morgan fingerprint density at radius 3 is 1.80 bits per heavy atom. The van der Waals surface area contributed by atoms with Crippen molar-refractivity contribution in [1.29, 1.82) is 0 Å². The van der Waals surface area contributed by atoms with Crippen molar-refractivity contribution in [1.82, 2.24) is 9.88 Å². The van der Waals surface area contributed by atoms with Crippen LogP contribution in [0.15, 0.2) is 160 Å². The highest BCUT2D eigenvalue weighted by molar-refractivity contribution is 6.31. The minimum absolute atomic E-state index is 0.685. The maximum absolute atomic E-state index is 6.19. The zero-order chi connectivity index (χ0) is 33.5. The summed E-state index contributed by atoms with van der Waals surface area (Å²) >= 11 is 6.19. The minimum atomic E-state index is 0.685. The van der Waals surface area contributed by atoms with Gasteiger partial charge in [0.25, 0.3) is 0 Å². The van der Waals surface area contributed by atoms with Gasteiger partial charge in [0.15, 0.2) is 0 Å². The topological polar surface area (TPSA) is 52.9 Å². The molecule has 242 valence electrons. The Bertz CT molecular complexity index is 1960. The van der Waals surface area contributed by atoms with Crippen LogP contribution in [-0.4, -0.2) is 61.6 Å². The molecule has 2 aliphatic rings. The van der Waals surface area contributed by atoms with Crippen molar-refractivity contribution < 1.29 is 0 Å². The van der Waals surface area contributed by atoms with Crippen LogP contribution < -0.4 is 5.32 Å². The third kappa shape index (κ3) is 10.5. The first-order valence-electron chi connectivity index (χ1n) is 16.5. The lowest BCUT2D eigenvalue weighted by atomic mass is 10.1. The van der Waals surface area contributed by atoms with Crippen LogP contribution in [0.5, 0.6) is 0 Å². The molecule has 1 N–H and O–H groups in total. The summed E-state index contributed by atoms with van der Waals surface area (Å²) < 4.78 is 0. The molecule has 3 aromatic carbocycles. The first-order valence-corrected chi connectivity index (χ1v) is 16.9. The number of halogens is 1. The fraction of sp³-hybridized carbons (Fsp3) is 0.140. The van der Waals surface area contributed by atoms with Gasteiger partial charge in [0.1, 0.15) is 0 Å². The highest BCUT2D eigenvalue weighted by atomic mass is 35.5. The van der Waals surface area contributed by atoms with Crippen molar-refractivity contribution in [3.8, 4) is 0 Å². The number of anilines is 1. The quantitative estimate of drug-likeness (QED) is 0.0964. The molecule has 6 heteroatoms. The summed E-state index contributed by atoms with van der Waals surface area (Å²) in [5, 5.41) is 5.35. The second kappa shape index (κ2) is 17.6. The van der Waals surface area contributed by atoms with Crippen LogP contribution in [0, 0.1) is 0 Å². The second-order valence-corrected chi connectivity index (χ2v) is 12.0. The lowest BCUT2D eigenvalue weighted by Gasteiger charge is -2.21. The van der Waals surface area contributed by atoms with E-state index in [2.05, 4.69) is 99.5 Å². The lowest BCUT2D eigenvalue weighted by Crippen LogP contribution is -2.33. The Labute approximate surface area is 293 Å². The van der Waals surface area contributed by atoms with Crippen molar-refractivity contribution in [2.24, 2.45) is 9.98 Å². The largest absolute Gasteiger partial charge is 0.383 e. The normalized spacial score (nSPS) is 13.8. The summed E-state index contributed by atoms with van der Waals surface area (Å²) in [6, 6.07) is 24.7. The molecule has 6 rings (SSSR count). The SMILES string of the molecule is Clc1ccc2c(NCCN(CCN=Cc3ccc(/C=C/C4=C=CC=C4)cc3)CCN=Cc3ccc(/C=C/C4=C=CC=C4)cc3)ccnc2c1. The number of pyridine rings is 1. The number of aromatic nitrogens is 1. The molecule has 1 heterocycles. The average Bonchev–Trinajstić information content (AvgIpc) is 3.86. The van der Waals surface area contributed by atoms with Crippen LogP contribution in [0.4, 0.5) is 5.69 Å². The van der Waals surface area contributed by atoms with E-state index >= 15 is 0 Å². The van der Waals surface area contributed by atoms with Gasteiger partial charge in [-0.25, -0.2) is 0 Å². The molecule has 49 heavy (non-hydrogen) atoms. The van der Waals surface area contributed by atoms with E-state index in [1.54, 1.807) is 0 Å². The Balaban J connectivity index is 1.02. The van der Waals surface area contributed by atoms with E-state index in [-0.39, 0.29) is 0 Å². The highest BCUT2D eigenvalue weighted by Gasteiger charge is 2.06. The molecular weight excluding hydrogens is 622 g/mol. The zero-order valence-electron chi connectivity index (χ0n) is 27.3. The van der Waals surface area contributed by atoms with Gasteiger partial charge in [0.05, 0.1) is 18.6 Å². The third-order valence-electron chi connectivity index (χ3n) is 8.05. The maximum atomic E-state index is 6.19. The molecule has 0 unspecified atom stereocenters. The summed E-state index contributed by atoms with van der Waals surface area (Å²) in [5.41, 5.74) is 15.0. The van der Waals surface area contributed by atoms with E-state index in [0.29, 0.717) is 18.1 Å². The van der Waals surface area contributed by atoms with E-state index in [4.69, 9.17) is 21.6 Å². The van der Waals surface area contributed by atoms with Gasteiger partial charge in [-0.15, -0.1) is 11.5 Å². The molecule has 5 nitrogen and oxygen atoms in total. The predicted octanol–water partition coefficient (Wildman–Crippen LogP) is 9.17. The summed E-state index contributed by atoms with van der Waals surface area (Å²) in [7, 11) is 0. The predicted molar refractivity (Wildman–Crippen MR) is 209 cm³/mol. The third-order valence-corrected chi connectivity index (χ3v) is 8.28. The molecular formula is C43H38ClN5. The van der Waals surface area contributed by atoms with E-state index in [1.807, 2.05) is 79.3 Å². The van der Waals surface area contributed by atoms with Crippen molar-refractivity contribution in [2.45, 2.75) is 0 Å². The molecule has 0 aliphatic heterocycles. The summed E-state index contributed by atoms with van der Waals surface area (Å²) in [4.78, 5) is 16.4. The van der Waals surface area contributed by atoms with E-state index < -0.39 is 0 Å². The van der Waals surface area contributed by atoms with Crippen LogP contribution >= 0.6 is 11.6 Å². The number of fused-ring (bicyclic) bond motifs is 1. The van der Waals surface area contributed by atoms with Gasteiger partial charge < -0.3 is 5.32 Å².